The van der Waals surface area contributed by atoms with Crippen molar-refractivity contribution in [3.05, 3.63) is 23.5 Å². The number of hydrogen-bond acceptors (Lipinski definition) is 6. The van der Waals surface area contributed by atoms with Crippen LogP contribution in [0.4, 0.5) is 10.1 Å². The van der Waals surface area contributed by atoms with Crippen molar-refractivity contribution >= 4 is 33.3 Å². The van der Waals surface area contributed by atoms with Gasteiger partial charge >= 0.3 is 5.97 Å². The van der Waals surface area contributed by atoms with Crippen LogP contribution in [0.15, 0.2) is 17.0 Å². The van der Waals surface area contributed by atoms with Crippen molar-refractivity contribution < 1.29 is 22.3 Å². The summed E-state index contributed by atoms with van der Waals surface area (Å²) in [5, 5.41) is 0. The van der Waals surface area contributed by atoms with Crippen molar-refractivity contribution in [3.63, 3.8) is 0 Å². The highest BCUT2D eigenvalue weighted by molar-refractivity contribution is 8.00. The van der Waals surface area contributed by atoms with Crippen LogP contribution in [0.1, 0.15) is 10.4 Å². The van der Waals surface area contributed by atoms with E-state index in [0.717, 1.165) is 24.1 Å². The van der Waals surface area contributed by atoms with Gasteiger partial charge in [-0.2, -0.15) is 0 Å². The molecule has 0 heterocycles. The topological polar surface area (TPSA) is 86.5 Å². The lowest BCUT2D eigenvalue weighted by Crippen LogP contribution is -2.08. The number of thioether (sulfide) groups is 1. The molecule has 0 atom stereocenters. The molecule has 1 aromatic rings. The minimum Gasteiger partial charge on any atom is -0.465 e. The fourth-order valence-corrected chi connectivity index (χ4v) is 3.43. The lowest BCUT2D eigenvalue weighted by molar-refractivity contribution is 0.0601. The van der Waals surface area contributed by atoms with Crippen molar-refractivity contribution in [1.29, 1.82) is 0 Å². The lowest BCUT2D eigenvalue weighted by Gasteiger charge is -2.08. The van der Waals surface area contributed by atoms with Crippen LogP contribution in [0.25, 0.3) is 0 Å². The highest BCUT2D eigenvalue weighted by atomic mass is 32.2. The molecule has 0 aliphatic heterocycles. The molecule has 0 aliphatic rings. The van der Waals surface area contributed by atoms with E-state index in [4.69, 9.17) is 5.73 Å². The molecular formula is C11H14FNO4S2. The average Bonchev–Trinajstić information content (AvgIpc) is 2.29. The van der Waals surface area contributed by atoms with E-state index in [1.165, 1.54) is 13.2 Å². The SMILES string of the molecule is COC(=O)c1cc(SCCS(C)(=O)=O)c(F)cc1N. The molecule has 0 saturated carbocycles. The van der Waals surface area contributed by atoms with Crippen LogP contribution in [-0.2, 0) is 14.6 Å². The predicted octanol–water partition coefficient (Wildman–Crippen LogP) is 1.33. The summed E-state index contributed by atoms with van der Waals surface area (Å²) < 4.78 is 40.1. The Balaban J connectivity index is 2.92. The maximum atomic E-state index is 13.6. The van der Waals surface area contributed by atoms with E-state index in [1.54, 1.807) is 0 Å². The van der Waals surface area contributed by atoms with Gasteiger partial charge in [0.05, 0.1) is 18.4 Å². The second-order valence-corrected chi connectivity index (χ2v) is 7.24. The van der Waals surface area contributed by atoms with Gasteiger partial charge in [-0.15, -0.1) is 11.8 Å². The zero-order valence-electron chi connectivity index (χ0n) is 10.5. The van der Waals surface area contributed by atoms with Crippen LogP contribution in [0.5, 0.6) is 0 Å². The first kappa shape index (κ1) is 15.8. The number of rotatable bonds is 5. The molecule has 5 nitrogen and oxygen atoms in total. The Bertz CT molecular complexity index is 587. The molecule has 0 amide bonds. The summed E-state index contributed by atoms with van der Waals surface area (Å²) in [6, 6.07) is 2.29. The highest BCUT2D eigenvalue weighted by Crippen LogP contribution is 2.27. The number of nitrogens with two attached hydrogens (primary N) is 1. The number of benzene rings is 1. The summed E-state index contributed by atoms with van der Waals surface area (Å²) in [6.07, 6.45) is 1.10. The normalized spacial score (nSPS) is 11.3. The molecule has 0 aromatic heterocycles. The van der Waals surface area contributed by atoms with Crippen LogP contribution in [0, 0.1) is 5.82 Å². The monoisotopic (exact) mass is 307 g/mol. The number of carbonyl (C=O) groups excluding carboxylic acids is 1. The number of esters is 1. The molecule has 106 valence electrons. The smallest absolute Gasteiger partial charge is 0.339 e. The van der Waals surface area contributed by atoms with E-state index < -0.39 is 21.6 Å². The van der Waals surface area contributed by atoms with Gasteiger partial charge in [-0.1, -0.05) is 0 Å². The zero-order chi connectivity index (χ0) is 14.6. The molecule has 0 fully saturated rings. The summed E-state index contributed by atoms with van der Waals surface area (Å²) in [4.78, 5) is 11.6. The molecule has 8 heteroatoms. The van der Waals surface area contributed by atoms with E-state index in [9.17, 15) is 17.6 Å². The molecular weight excluding hydrogens is 293 g/mol. The molecule has 19 heavy (non-hydrogen) atoms. The maximum Gasteiger partial charge on any atom is 0.339 e. The summed E-state index contributed by atoms with van der Waals surface area (Å²) in [6.45, 7) is 0. The predicted molar refractivity (Wildman–Crippen MR) is 72.6 cm³/mol. The minimum absolute atomic E-state index is 0.0168. The van der Waals surface area contributed by atoms with E-state index in [-0.39, 0.29) is 27.7 Å². The van der Waals surface area contributed by atoms with Gasteiger partial charge in [-0.3, -0.25) is 0 Å². The Morgan fingerprint density at radius 1 is 1.47 bits per heavy atom. The number of sulfone groups is 1. The largest absolute Gasteiger partial charge is 0.465 e. The lowest BCUT2D eigenvalue weighted by atomic mass is 10.2. The minimum atomic E-state index is -3.11. The highest BCUT2D eigenvalue weighted by Gasteiger charge is 2.15. The third-order valence-corrected chi connectivity index (χ3v) is 4.46. The fourth-order valence-electron chi connectivity index (χ4n) is 1.27. The average molecular weight is 307 g/mol. The third kappa shape index (κ3) is 4.71. The van der Waals surface area contributed by atoms with Crippen molar-refractivity contribution in [3.8, 4) is 0 Å². The van der Waals surface area contributed by atoms with Gasteiger partial charge in [0.25, 0.3) is 0 Å². The quantitative estimate of drug-likeness (QED) is 0.502. The zero-order valence-corrected chi connectivity index (χ0v) is 12.1. The molecule has 0 radical (unpaired) electrons. The number of anilines is 1. The molecule has 1 rings (SSSR count). The van der Waals surface area contributed by atoms with Crippen molar-refractivity contribution in [2.45, 2.75) is 4.90 Å². The Labute approximate surface area is 115 Å². The second-order valence-electron chi connectivity index (χ2n) is 3.84. The molecule has 0 saturated heterocycles. The maximum absolute atomic E-state index is 13.6. The standard InChI is InChI=1S/C11H14FNO4S2/c1-17-11(14)7-5-10(8(12)6-9(7)13)18-3-4-19(2,15)16/h5-6H,3-4,13H2,1-2H3. The van der Waals surface area contributed by atoms with Crippen molar-refractivity contribution in [2.75, 3.05) is 30.6 Å². The number of methoxy groups -OCH3 is 1. The molecule has 0 aliphatic carbocycles. The summed E-state index contributed by atoms with van der Waals surface area (Å²) in [5.74, 6) is -1.14. The van der Waals surface area contributed by atoms with Crippen LogP contribution < -0.4 is 5.73 Å². The molecule has 2 N–H and O–H groups in total. The van der Waals surface area contributed by atoms with Gasteiger partial charge in [-0.05, 0) is 12.1 Å². The fraction of sp³-hybridized carbons (Fsp3) is 0.364. The van der Waals surface area contributed by atoms with E-state index in [1.807, 2.05) is 0 Å². The first-order valence-electron chi connectivity index (χ1n) is 5.22. The van der Waals surface area contributed by atoms with Gasteiger partial charge in [0.1, 0.15) is 15.7 Å². The molecule has 0 spiro atoms. The molecule has 0 unspecified atom stereocenters. The third-order valence-electron chi connectivity index (χ3n) is 2.22. The number of carbonyl (C=O) groups is 1. The van der Waals surface area contributed by atoms with Crippen molar-refractivity contribution in [2.24, 2.45) is 0 Å². The Kier molecular flexibility index (Phi) is 5.19. The molecule has 0 bridgehead atoms. The van der Waals surface area contributed by atoms with Gasteiger partial charge in [0.2, 0.25) is 0 Å². The first-order valence-corrected chi connectivity index (χ1v) is 8.27. The second kappa shape index (κ2) is 6.25. The van der Waals surface area contributed by atoms with Crippen LogP contribution >= 0.6 is 11.8 Å². The molecule has 1 aromatic carbocycles. The van der Waals surface area contributed by atoms with Crippen molar-refractivity contribution in [1.82, 2.24) is 0 Å². The summed E-state index contributed by atoms with van der Waals surface area (Å²) in [7, 11) is -1.91. The number of ether oxygens (including phenoxy) is 1. The van der Waals surface area contributed by atoms with Crippen LogP contribution in [0.3, 0.4) is 0 Å². The Hall–Kier alpha value is -1.28. The van der Waals surface area contributed by atoms with Crippen LogP contribution in [0.2, 0.25) is 0 Å². The summed E-state index contributed by atoms with van der Waals surface area (Å²) >= 11 is 1.01. The van der Waals surface area contributed by atoms with Gasteiger partial charge in [-0.25, -0.2) is 17.6 Å². The van der Waals surface area contributed by atoms with E-state index in [2.05, 4.69) is 4.74 Å². The Morgan fingerprint density at radius 3 is 2.63 bits per heavy atom. The Morgan fingerprint density at radius 2 is 2.11 bits per heavy atom. The van der Waals surface area contributed by atoms with Crippen LogP contribution in [-0.4, -0.2) is 39.3 Å². The van der Waals surface area contributed by atoms with Gasteiger partial charge < -0.3 is 10.5 Å². The van der Waals surface area contributed by atoms with E-state index in [0.29, 0.717) is 0 Å². The number of halogens is 1. The summed E-state index contributed by atoms with van der Waals surface area (Å²) in [5.41, 5.74) is 5.56. The van der Waals surface area contributed by atoms with Gasteiger partial charge in [0, 0.05) is 22.6 Å². The first-order chi connectivity index (χ1) is 8.74. The van der Waals surface area contributed by atoms with Gasteiger partial charge in [0.15, 0.2) is 0 Å². The van der Waals surface area contributed by atoms with E-state index >= 15 is 0 Å². The number of hydrogen-bond donors (Lipinski definition) is 1. The number of nitrogen functional groups attached to an aromatic ring is 1.